The van der Waals surface area contributed by atoms with Crippen molar-refractivity contribution in [3.05, 3.63) is 12.4 Å². The first-order valence-electron chi connectivity index (χ1n) is 6.70. The minimum absolute atomic E-state index is 0.0106. The number of carboxylic acid groups (broad SMARTS) is 1. The van der Waals surface area contributed by atoms with Crippen LogP contribution >= 0.6 is 0 Å². The molecule has 0 saturated heterocycles. The van der Waals surface area contributed by atoms with Crippen molar-refractivity contribution in [3.8, 4) is 0 Å². The van der Waals surface area contributed by atoms with Gasteiger partial charge in [0, 0.05) is 25.7 Å². The van der Waals surface area contributed by atoms with Crippen LogP contribution in [0.5, 0.6) is 0 Å². The first-order valence-corrected chi connectivity index (χ1v) is 6.70. The van der Waals surface area contributed by atoms with E-state index in [1.165, 1.54) is 0 Å². The molecule has 1 amide bonds. The van der Waals surface area contributed by atoms with Crippen molar-refractivity contribution in [2.24, 2.45) is 11.3 Å². The molecule has 0 aliphatic rings. The fourth-order valence-electron chi connectivity index (χ4n) is 1.74. The number of hydrogen-bond acceptors (Lipinski definition) is 4. The Morgan fingerprint density at radius 2 is 2.15 bits per heavy atom. The molecule has 20 heavy (non-hydrogen) atoms. The molecule has 0 radical (unpaired) electrons. The standard InChI is InChI=1S/C13H22N4O3/c1-10(2)13(3,12(19)20)9-11(18)14-5-4-7-17-8-6-15-16-17/h6,8,10H,4-5,7,9H2,1-3H3,(H,14,18)(H,19,20). The number of nitrogens with zero attached hydrogens (tertiary/aromatic N) is 3. The van der Waals surface area contributed by atoms with Crippen LogP contribution in [0.15, 0.2) is 12.4 Å². The van der Waals surface area contributed by atoms with Crippen LogP contribution in [0.25, 0.3) is 0 Å². The number of carbonyl (C=O) groups is 2. The molecule has 0 aliphatic carbocycles. The van der Waals surface area contributed by atoms with Gasteiger partial charge < -0.3 is 10.4 Å². The molecular formula is C13H22N4O3. The van der Waals surface area contributed by atoms with E-state index < -0.39 is 11.4 Å². The molecule has 1 atom stereocenters. The van der Waals surface area contributed by atoms with Crippen molar-refractivity contribution < 1.29 is 14.7 Å². The zero-order chi connectivity index (χ0) is 15.2. The first-order chi connectivity index (χ1) is 9.36. The Balaban J connectivity index is 2.33. The number of nitrogens with one attached hydrogen (secondary N) is 1. The third-order valence-electron chi connectivity index (χ3n) is 3.65. The summed E-state index contributed by atoms with van der Waals surface area (Å²) in [5.74, 6) is -1.28. The predicted molar refractivity (Wildman–Crippen MR) is 72.8 cm³/mol. The van der Waals surface area contributed by atoms with Crippen LogP contribution in [-0.2, 0) is 16.1 Å². The van der Waals surface area contributed by atoms with Crippen LogP contribution < -0.4 is 5.32 Å². The van der Waals surface area contributed by atoms with Gasteiger partial charge in [-0.2, -0.15) is 0 Å². The van der Waals surface area contributed by atoms with Gasteiger partial charge in [-0.3, -0.25) is 14.3 Å². The van der Waals surface area contributed by atoms with E-state index in [4.69, 9.17) is 0 Å². The summed E-state index contributed by atoms with van der Waals surface area (Å²) in [6.07, 6.45) is 4.06. The molecule has 0 bridgehead atoms. The summed E-state index contributed by atoms with van der Waals surface area (Å²) in [5.41, 5.74) is -1.03. The molecule has 7 nitrogen and oxygen atoms in total. The van der Waals surface area contributed by atoms with E-state index >= 15 is 0 Å². The number of aryl methyl sites for hydroxylation is 1. The van der Waals surface area contributed by atoms with Gasteiger partial charge in [-0.1, -0.05) is 19.1 Å². The van der Waals surface area contributed by atoms with Crippen molar-refractivity contribution >= 4 is 11.9 Å². The van der Waals surface area contributed by atoms with Crippen LogP contribution in [0.3, 0.4) is 0 Å². The highest BCUT2D eigenvalue weighted by Crippen LogP contribution is 2.31. The molecule has 1 unspecified atom stereocenters. The van der Waals surface area contributed by atoms with Gasteiger partial charge in [0.05, 0.1) is 11.6 Å². The maximum Gasteiger partial charge on any atom is 0.310 e. The molecule has 2 N–H and O–H groups in total. The minimum Gasteiger partial charge on any atom is -0.481 e. The quantitative estimate of drug-likeness (QED) is 0.691. The lowest BCUT2D eigenvalue weighted by molar-refractivity contribution is -0.153. The molecule has 7 heteroatoms. The van der Waals surface area contributed by atoms with E-state index in [0.29, 0.717) is 13.1 Å². The average molecular weight is 282 g/mol. The van der Waals surface area contributed by atoms with Crippen molar-refractivity contribution in [2.45, 2.75) is 40.2 Å². The number of carboxylic acids is 1. The topological polar surface area (TPSA) is 97.1 Å². The second-order valence-corrected chi connectivity index (χ2v) is 5.42. The molecule has 0 aromatic carbocycles. The number of hydrogen-bond donors (Lipinski definition) is 2. The molecule has 1 aromatic heterocycles. The maximum absolute atomic E-state index is 11.8. The second-order valence-electron chi connectivity index (χ2n) is 5.42. The van der Waals surface area contributed by atoms with Crippen molar-refractivity contribution in [2.75, 3.05) is 6.54 Å². The molecule has 0 fully saturated rings. The monoisotopic (exact) mass is 282 g/mol. The number of aromatic nitrogens is 3. The Kier molecular flexibility index (Phi) is 5.66. The van der Waals surface area contributed by atoms with E-state index in [9.17, 15) is 14.7 Å². The van der Waals surface area contributed by atoms with E-state index in [2.05, 4.69) is 15.6 Å². The molecule has 1 aromatic rings. The normalized spacial score (nSPS) is 14.0. The Bertz CT molecular complexity index is 444. The van der Waals surface area contributed by atoms with Gasteiger partial charge >= 0.3 is 5.97 Å². The van der Waals surface area contributed by atoms with E-state index in [1.807, 2.05) is 13.8 Å². The van der Waals surface area contributed by atoms with E-state index in [-0.39, 0.29) is 18.2 Å². The summed E-state index contributed by atoms with van der Waals surface area (Å²) >= 11 is 0. The number of rotatable bonds is 8. The Morgan fingerprint density at radius 1 is 1.45 bits per heavy atom. The molecule has 1 rings (SSSR count). The Labute approximate surface area is 118 Å². The predicted octanol–water partition coefficient (Wildman–Crippen LogP) is 0.921. The summed E-state index contributed by atoms with van der Waals surface area (Å²) in [4.78, 5) is 23.1. The van der Waals surface area contributed by atoms with Crippen LogP contribution in [0.4, 0.5) is 0 Å². The summed E-state index contributed by atoms with van der Waals surface area (Å²) in [6, 6.07) is 0. The van der Waals surface area contributed by atoms with Crippen LogP contribution in [0, 0.1) is 11.3 Å². The third-order valence-corrected chi connectivity index (χ3v) is 3.65. The summed E-state index contributed by atoms with van der Waals surface area (Å²) in [6.45, 7) is 6.39. The average Bonchev–Trinajstić information content (AvgIpc) is 2.87. The minimum atomic E-state index is -1.03. The van der Waals surface area contributed by atoms with E-state index in [0.717, 1.165) is 6.42 Å². The molecule has 0 aliphatic heterocycles. The number of amides is 1. The van der Waals surface area contributed by atoms with Crippen molar-refractivity contribution in [1.29, 1.82) is 0 Å². The largest absolute Gasteiger partial charge is 0.481 e. The van der Waals surface area contributed by atoms with Gasteiger partial charge in [-0.05, 0) is 19.3 Å². The second kappa shape index (κ2) is 7.02. The van der Waals surface area contributed by atoms with Gasteiger partial charge in [0.2, 0.25) is 5.91 Å². The lowest BCUT2D eigenvalue weighted by atomic mass is 9.76. The molecule has 1 heterocycles. The van der Waals surface area contributed by atoms with Gasteiger partial charge in [-0.15, -0.1) is 5.10 Å². The molecule has 0 spiro atoms. The zero-order valence-corrected chi connectivity index (χ0v) is 12.2. The molecular weight excluding hydrogens is 260 g/mol. The summed E-state index contributed by atoms with van der Waals surface area (Å²) in [7, 11) is 0. The lowest BCUT2D eigenvalue weighted by Gasteiger charge is -2.28. The molecule has 0 saturated carbocycles. The number of carbonyl (C=O) groups excluding carboxylic acids is 1. The highest BCUT2D eigenvalue weighted by atomic mass is 16.4. The van der Waals surface area contributed by atoms with Gasteiger partial charge in [-0.25, -0.2) is 0 Å². The van der Waals surface area contributed by atoms with Crippen LogP contribution in [0.1, 0.15) is 33.6 Å². The fraction of sp³-hybridized carbons (Fsp3) is 0.692. The summed E-state index contributed by atoms with van der Waals surface area (Å²) < 4.78 is 1.68. The Morgan fingerprint density at radius 3 is 2.65 bits per heavy atom. The lowest BCUT2D eigenvalue weighted by Crippen LogP contribution is -2.39. The first kappa shape index (κ1) is 16.1. The molecule has 112 valence electrons. The smallest absolute Gasteiger partial charge is 0.310 e. The van der Waals surface area contributed by atoms with Crippen LogP contribution in [0.2, 0.25) is 0 Å². The fourth-order valence-corrected chi connectivity index (χ4v) is 1.74. The zero-order valence-electron chi connectivity index (χ0n) is 12.2. The van der Waals surface area contributed by atoms with Gasteiger partial charge in [0.15, 0.2) is 0 Å². The van der Waals surface area contributed by atoms with Gasteiger partial charge in [0.1, 0.15) is 0 Å². The third kappa shape index (κ3) is 4.32. The highest BCUT2D eigenvalue weighted by molar-refractivity contribution is 5.84. The SMILES string of the molecule is CC(C)C(C)(CC(=O)NCCCn1ccnn1)C(=O)O. The summed E-state index contributed by atoms with van der Waals surface area (Å²) in [5, 5.41) is 19.5. The van der Waals surface area contributed by atoms with Crippen LogP contribution in [-0.4, -0.2) is 38.5 Å². The Hall–Kier alpha value is -1.92. The van der Waals surface area contributed by atoms with Crippen molar-refractivity contribution in [1.82, 2.24) is 20.3 Å². The van der Waals surface area contributed by atoms with E-state index in [1.54, 1.807) is 24.0 Å². The van der Waals surface area contributed by atoms with Crippen molar-refractivity contribution in [3.63, 3.8) is 0 Å². The maximum atomic E-state index is 11.8. The van der Waals surface area contributed by atoms with Gasteiger partial charge in [0.25, 0.3) is 0 Å². The number of aliphatic carboxylic acids is 1. The highest BCUT2D eigenvalue weighted by Gasteiger charge is 2.38.